The summed E-state index contributed by atoms with van der Waals surface area (Å²) in [5.41, 5.74) is 1.15. The summed E-state index contributed by atoms with van der Waals surface area (Å²) >= 11 is 6.20. The number of benzene rings is 1. The Morgan fingerprint density at radius 2 is 2.22 bits per heavy atom. The first-order valence-corrected chi connectivity index (χ1v) is 9.45. The molecule has 2 N–H and O–H groups in total. The zero-order chi connectivity index (χ0) is 18.1. The van der Waals surface area contributed by atoms with Crippen molar-refractivity contribution in [2.75, 3.05) is 19.6 Å². The molecule has 2 fully saturated rings. The minimum Gasteiger partial charge on any atom is -0.350 e. The van der Waals surface area contributed by atoms with Gasteiger partial charge >= 0.3 is 0 Å². The molecule has 2 aromatic rings. The number of hydrogen-bond donors (Lipinski definition) is 2. The first-order chi connectivity index (χ1) is 12.6. The molecule has 0 spiro atoms. The van der Waals surface area contributed by atoms with E-state index in [-0.39, 0.29) is 29.5 Å². The van der Waals surface area contributed by atoms with Crippen molar-refractivity contribution in [2.45, 2.75) is 37.1 Å². The van der Waals surface area contributed by atoms with Crippen LogP contribution in [0.1, 0.15) is 47.8 Å². The molecule has 1 amide bonds. The van der Waals surface area contributed by atoms with E-state index >= 15 is 0 Å². The number of halogens is 3. The molecule has 1 atom stereocenters. The second-order valence-corrected chi connectivity index (χ2v) is 7.68. The van der Waals surface area contributed by atoms with Gasteiger partial charge in [0.2, 0.25) is 0 Å². The number of nitrogens with zero attached hydrogens (tertiary/aromatic N) is 2. The van der Waals surface area contributed by atoms with Crippen LogP contribution in [0.2, 0.25) is 5.02 Å². The Morgan fingerprint density at radius 3 is 2.89 bits per heavy atom. The maximum atomic E-state index is 13.3. The van der Waals surface area contributed by atoms with Crippen LogP contribution in [0.5, 0.6) is 0 Å². The van der Waals surface area contributed by atoms with Gasteiger partial charge in [0.25, 0.3) is 5.91 Å². The van der Waals surface area contributed by atoms with Gasteiger partial charge in [-0.15, -0.1) is 12.4 Å². The first-order valence-electron chi connectivity index (χ1n) is 9.07. The zero-order valence-corrected chi connectivity index (χ0v) is 16.5. The highest BCUT2D eigenvalue weighted by atomic mass is 35.5. The van der Waals surface area contributed by atoms with Gasteiger partial charge in [-0.3, -0.25) is 9.48 Å². The molecule has 27 heavy (non-hydrogen) atoms. The fourth-order valence-electron chi connectivity index (χ4n) is 3.67. The standard InChI is InChI=1S/C19H22ClFN4O.ClH/c20-16-10-13(21)3-4-15(16)19(6-7-19)12-23-18(26)17-5-9-25(24-17)14-2-1-8-22-11-14;/h3-5,9-10,14,22H,1-2,6-8,11-12H2,(H,23,26);1H. The van der Waals surface area contributed by atoms with Gasteiger partial charge in [-0.05, 0) is 56.0 Å². The summed E-state index contributed by atoms with van der Waals surface area (Å²) in [6.45, 7) is 2.41. The molecule has 1 aliphatic carbocycles. The number of rotatable bonds is 5. The molecule has 1 unspecified atom stereocenters. The van der Waals surface area contributed by atoms with E-state index in [9.17, 15) is 9.18 Å². The van der Waals surface area contributed by atoms with Gasteiger partial charge in [0.1, 0.15) is 11.5 Å². The molecular formula is C19H23Cl2FN4O. The quantitative estimate of drug-likeness (QED) is 0.789. The lowest BCUT2D eigenvalue weighted by Gasteiger charge is -2.22. The summed E-state index contributed by atoms with van der Waals surface area (Å²) in [4.78, 5) is 12.5. The van der Waals surface area contributed by atoms with E-state index in [0.29, 0.717) is 23.3 Å². The van der Waals surface area contributed by atoms with E-state index in [1.807, 2.05) is 10.9 Å². The fraction of sp³-hybridized carbons (Fsp3) is 0.474. The fourth-order valence-corrected chi connectivity index (χ4v) is 4.04. The van der Waals surface area contributed by atoms with Crippen LogP contribution < -0.4 is 10.6 Å². The minimum absolute atomic E-state index is 0. The number of carbonyl (C=O) groups is 1. The van der Waals surface area contributed by atoms with E-state index in [0.717, 1.165) is 44.3 Å². The normalized spacial score (nSPS) is 20.6. The third kappa shape index (κ3) is 4.28. The lowest BCUT2D eigenvalue weighted by Crippen LogP contribution is -2.34. The predicted molar refractivity (Wildman–Crippen MR) is 105 cm³/mol. The number of hydrogen-bond acceptors (Lipinski definition) is 3. The topological polar surface area (TPSA) is 59.0 Å². The van der Waals surface area contributed by atoms with Crippen molar-refractivity contribution < 1.29 is 9.18 Å². The second-order valence-electron chi connectivity index (χ2n) is 7.27. The van der Waals surface area contributed by atoms with Crippen LogP contribution in [0.3, 0.4) is 0 Å². The average molecular weight is 413 g/mol. The Balaban J connectivity index is 0.00000210. The largest absolute Gasteiger partial charge is 0.350 e. The van der Waals surface area contributed by atoms with E-state index in [1.165, 1.54) is 12.1 Å². The monoisotopic (exact) mass is 412 g/mol. The molecule has 5 nitrogen and oxygen atoms in total. The van der Waals surface area contributed by atoms with Gasteiger partial charge in [0.05, 0.1) is 6.04 Å². The van der Waals surface area contributed by atoms with Crippen LogP contribution in [0.25, 0.3) is 0 Å². The molecule has 8 heteroatoms. The first kappa shape index (κ1) is 20.1. The lowest BCUT2D eigenvalue weighted by atomic mass is 9.95. The van der Waals surface area contributed by atoms with Gasteiger partial charge < -0.3 is 10.6 Å². The van der Waals surface area contributed by atoms with Gasteiger partial charge in [-0.25, -0.2) is 4.39 Å². The summed E-state index contributed by atoms with van der Waals surface area (Å²) in [6, 6.07) is 6.54. The highest BCUT2D eigenvalue weighted by molar-refractivity contribution is 6.31. The van der Waals surface area contributed by atoms with E-state index in [2.05, 4.69) is 15.7 Å². The van der Waals surface area contributed by atoms with Gasteiger partial charge in [0, 0.05) is 29.7 Å². The Morgan fingerprint density at radius 1 is 1.41 bits per heavy atom. The number of piperidine rings is 1. The molecule has 1 aromatic carbocycles. The van der Waals surface area contributed by atoms with Crippen molar-refractivity contribution in [3.63, 3.8) is 0 Å². The molecule has 0 bridgehead atoms. The maximum Gasteiger partial charge on any atom is 0.271 e. The maximum absolute atomic E-state index is 13.3. The van der Waals surface area contributed by atoms with Crippen LogP contribution in [0, 0.1) is 5.82 Å². The van der Waals surface area contributed by atoms with E-state index < -0.39 is 0 Å². The Kier molecular flexibility index (Phi) is 6.08. The smallest absolute Gasteiger partial charge is 0.271 e. The summed E-state index contributed by atoms with van der Waals surface area (Å²) in [7, 11) is 0. The predicted octanol–water partition coefficient (Wildman–Crippen LogP) is 3.48. The zero-order valence-electron chi connectivity index (χ0n) is 14.9. The van der Waals surface area contributed by atoms with Crippen molar-refractivity contribution in [3.8, 4) is 0 Å². The molecule has 0 radical (unpaired) electrons. The van der Waals surface area contributed by atoms with Crippen molar-refractivity contribution in [1.82, 2.24) is 20.4 Å². The number of carbonyl (C=O) groups excluding carboxylic acids is 1. The SMILES string of the molecule is Cl.O=C(NCC1(c2ccc(F)cc2Cl)CC1)c1ccn(C2CCCNC2)n1. The molecule has 1 saturated heterocycles. The highest BCUT2D eigenvalue weighted by Crippen LogP contribution is 2.50. The molecule has 1 aliphatic heterocycles. The molecular weight excluding hydrogens is 390 g/mol. The van der Waals surface area contributed by atoms with Crippen molar-refractivity contribution >= 4 is 29.9 Å². The van der Waals surface area contributed by atoms with Crippen molar-refractivity contribution in [3.05, 3.63) is 52.6 Å². The summed E-state index contributed by atoms with van der Waals surface area (Å²) < 4.78 is 15.2. The van der Waals surface area contributed by atoms with Crippen LogP contribution in [0.4, 0.5) is 4.39 Å². The molecule has 1 saturated carbocycles. The summed E-state index contributed by atoms with van der Waals surface area (Å²) in [5, 5.41) is 11.2. The van der Waals surface area contributed by atoms with Gasteiger partial charge in [-0.2, -0.15) is 5.10 Å². The second kappa shape index (κ2) is 8.17. The molecule has 2 heterocycles. The average Bonchev–Trinajstić information content (AvgIpc) is 3.26. The van der Waals surface area contributed by atoms with Crippen LogP contribution >= 0.6 is 24.0 Å². The van der Waals surface area contributed by atoms with Crippen LogP contribution in [-0.2, 0) is 5.41 Å². The highest BCUT2D eigenvalue weighted by Gasteiger charge is 2.45. The Bertz CT molecular complexity index is 816. The Labute approximate surface area is 169 Å². The van der Waals surface area contributed by atoms with Gasteiger partial charge in [0.15, 0.2) is 0 Å². The lowest BCUT2D eigenvalue weighted by molar-refractivity contribution is 0.0943. The molecule has 2 aliphatic rings. The van der Waals surface area contributed by atoms with E-state index in [1.54, 1.807) is 12.1 Å². The summed E-state index contributed by atoms with van der Waals surface area (Å²) in [5.74, 6) is -0.529. The third-order valence-corrected chi connectivity index (χ3v) is 5.74. The number of nitrogens with one attached hydrogen (secondary N) is 2. The van der Waals surface area contributed by atoms with Crippen molar-refractivity contribution in [2.24, 2.45) is 0 Å². The third-order valence-electron chi connectivity index (χ3n) is 5.43. The molecule has 1 aromatic heterocycles. The molecule has 4 rings (SSSR count). The van der Waals surface area contributed by atoms with Gasteiger partial charge in [-0.1, -0.05) is 17.7 Å². The Hall–Kier alpha value is -1.63. The number of amides is 1. The number of aromatic nitrogens is 2. The van der Waals surface area contributed by atoms with Crippen molar-refractivity contribution in [1.29, 1.82) is 0 Å². The summed E-state index contributed by atoms with van der Waals surface area (Å²) in [6.07, 6.45) is 5.92. The van der Waals surface area contributed by atoms with E-state index in [4.69, 9.17) is 11.6 Å². The molecule has 146 valence electrons. The van der Waals surface area contributed by atoms with Crippen LogP contribution in [-0.4, -0.2) is 35.3 Å². The van der Waals surface area contributed by atoms with Crippen LogP contribution in [0.15, 0.2) is 30.5 Å². The minimum atomic E-state index is -0.346.